The molecule has 0 unspecified atom stereocenters. The summed E-state index contributed by atoms with van der Waals surface area (Å²) in [6.45, 7) is 0.955. The number of aryl methyl sites for hydroxylation is 1. The van der Waals surface area contributed by atoms with E-state index in [0.717, 1.165) is 47.5 Å². The fourth-order valence-electron chi connectivity index (χ4n) is 3.02. The molecule has 0 radical (unpaired) electrons. The Labute approximate surface area is 147 Å². The molecule has 1 aromatic heterocycles. The quantitative estimate of drug-likeness (QED) is 0.473. The van der Waals surface area contributed by atoms with Crippen LogP contribution >= 0.6 is 0 Å². The fourth-order valence-corrected chi connectivity index (χ4v) is 3.02. The highest BCUT2D eigenvalue weighted by Crippen LogP contribution is 2.22. The topological polar surface area (TPSA) is 40.7 Å². The molecule has 1 heterocycles. The van der Waals surface area contributed by atoms with Crippen LogP contribution in [0.15, 0.2) is 78.9 Å². The molecule has 0 amide bonds. The van der Waals surface area contributed by atoms with Gasteiger partial charge in [-0.15, -0.1) is 0 Å². The monoisotopic (exact) mass is 327 g/mol. The third-order valence-corrected chi connectivity index (χ3v) is 4.34. The van der Waals surface area contributed by atoms with E-state index in [9.17, 15) is 0 Å². The number of H-pyrrole nitrogens is 1. The van der Waals surface area contributed by atoms with Crippen molar-refractivity contribution in [3.05, 3.63) is 84.4 Å². The van der Waals surface area contributed by atoms with Gasteiger partial charge >= 0.3 is 0 Å². The molecule has 3 aromatic carbocycles. The van der Waals surface area contributed by atoms with Crippen LogP contribution in [0, 0.1) is 0 Å². The highest BCUT2D eigenvalue weighted by atomic mass is 14.9. The maximum absolute atomic E-state index is 4.72. The molecule has 0 atom stereocenters. The molecule has 2 N–H and O–H groups in total. The third-order valence-electron chi connectivity index (χ3n) is 4.34. The lowest BCUT2D eigenvalue weighted by molar-refractivity contribution is 0.863. The number of nitrogens with zero attached hydrogens (tertiary/aromatic N) is 1. The van der Waals surface area contributed by atoms with Gasteiger partial charge in [0.25, 0.3) is 0 Å². The molecule has 0 spiro atoms. The van der Waals surface area contributed by atoms with Crippen LogP contribution in [0.1, 0.15) is 12.0 Å². The first-order valence-electron chi connectivity index (χ1n) is 8.71. The summed E-state index contributed by atoms with van der Waals surface area (Å²) in [6, 6.07) is 27.1. The minimum absolute atomic E-state index is 0.914. The molecule has 0 fully saturated rings. The standard InChI is InChI=1S/C22H21N3/c1-3-8-17(9-4-1)10-7-15-23-19-13-14-20-21(16-19)25-22(24-20)18-11-5-2-6-12-18/h1-6,8-9,11-14,16,23H,7,10,15H2,(H,24,25). The van der Waals surface area contributed by atoms with Gasteiger partial charge in [-0.05, 0) is 36.6 Å². The fraction of sp³-hybridized carbons (Fsp3) is 0.136. The van der Waals surface area contributed by atoms with Gasteiger partial charge in [0.05, 0.1) is 11.0 Å². The first kappa shape index (κ1) is 15.5. The molecule has 0 aliphatic heterocycles. The molecule has 25 heavy (non-hydrogen) atoms. The predicted octanol–water partition coefficient (Wildman–Crippen LogP) is 5.27. The number of fused-ring (bicyclic) bond motifs is 1. The SMILES string of the molecule is c1ccc(CCCNc2ccc3[nH]c(-c4ccccc4)nc3c2)cc1. The molecular weight excluding hydrogens is 306 g/mol. The predicted molar refractivity (Wildman–Crippen MR) is 105 cm³/mol. The highest BCUT2D eigenvalue weighted by molar-refractivity contribution is 5.82. The van der Waals surface area contributed by atoms with Gasteiger partial charge in [0.2, 0.25) is 0 Å². The Morgan fingerprint density at radius 2 is 1.60 bits per heavy atom. The number of hydrogen-bond acceptors (Lipinski definition) is 2. The van der Waals surface area contributed by atoms with E-state index in [1.165, 1.54) is 5.56 Å². The van der Waals surface area contributed by atoms with E-state index in [0.29, 0.717) is 0 Å². The average molecular weight is 327 g/mol. The van der Waals surface area contributed by atoms with Crippen LogP contribution in [0.4, 0.5) is 5.69 Å². The van der Waals surface area contributed by atoms with Gasteiger partial charge in [0.1, 0.15) is 5.82 Å². The molecular formula is C22H21N3. The Hall–Kier alpha value is -3.07. The Bertz CT molecular complexity index is 943. The molecule has 3 heteroatoms. The van der Waals surface area contributed by atoms with Crippen LogP contribution in [-0.4, -0.2) is 16.5 Å². The molecule has 0 saturated carbocycles. The summed E-state index contributed by atoms with van der Waals surface area (Å²) in [5.41, 5.74) is 5.67. The Morgan fingerprint density at radius 3 is 2.40 bits per heavy atom. The van der Waals surface area contributed by atoms with Crippen LogP contribution in [0.2, 0.25) is 0 Å². The number of nitrogens with one attached hydrogen (secondary N) is 2. The van der Waals surface area contributed by atoms with Crippen molar-refractivity contribution in [1.82, 2.24) is 9.97 Å². The lowest BCUT2D eigenvalue weighted by Gasteiger charge is -2.06. The third kappa shape index (κ3) is 3.72. The number of rotatable bonds is 6. The van der Waals surface area contributed by atoms with Gasteiger partial charge in [0.15, 0.2) is 0 Å². The van der Waals surface area contributed by atoms with E-state index in [4.69, 9.17) is 4.98 Å². The molecule has 124 valence electrons. The van der Waals surface area contributed by atoms with Crippen molar-refractivity contribution >= 4 is 16.7 Å². The van der Waals surface area contributed by atoms with Gasteiger partial charge in [-0.25, -0.2) is 4.98 Å². The van der Waals surface area contributed by atoms with Gasteiger partial charge in [-0.2, -0.15) is 0 Å². The van der Waals surface area contributed by atoms with Crippen molar-refractivity contribution in [2.24, 2.45) is 0 Å². The van der Waals surface area contributed by atoms with Gasteiger partial charge in [-0.1, -0.05) is 60.7 Å². The summed E-state index contributed by atoms with van der Waals surface area (Å²) in [4.78, 5) is 8.11. The van der Waals surface area contributed by atoms with E-state index in [1.807, 2.05) is 18.2 Å². The van der Waals surface area contributed by atoms with E-state index in [-0.39, 0.29) is 0 Å². The summed E-state index contributed by atoms with van der Waals surface area (Å²) >= 11 is 0. The number of hydrogen-bond donors (Lipinski definition) is 2. The zero-order valence-electron chi connectivity index (χ0n) is 14.1. The minimum atomic E-state index is 0.914. The number of aromatic nitrogens is 2. The van der Waals surface area contributed by atoms with Crippen LogP contribution < -0.4 is 5.32 Å². The summed E-state index contributed by atoms with van der Waals surface area (Å²) in [5.74, 6) is 0.914. The number of aromatic amines is 1. The maximum Gasteiger partial charge on any atom is 0.138 e. The second-order valence-corrected chi connectivity index (χ2v) is 6.20. The van der Waals surface area contributed by atoms with E-state index in [1.54, 1.807) is 0 Å². The summed E-state index contributed by atoms with van der Waals surface area (Å²) in [6.07, 6.45) is 2.20. The normalized spacial score (nSPS) is 10.9. The van der Waals surface area contributed by atoms with Crippen molar-refractivity contribution in [3.63, 3.8) is 0 Å². The van der Waals surface area contributed by atoms with E-state index >= 15 is 0 Å². The van der Waals surface area contributed by atoms with E-state index < -0.39 is 0 Å². The maximum atomic E-state index is 4.72. The summed E-state index contributed by atoms with van der Waals surface area (Å²) < 4.78 is 0. The lowest BCUT2D eigenvalue weighted by atomic mass is 10.1. The zero-order valence-corrected chi connectivity index (χ0v) is 14.1. The minimum Gasteiger partial charge on any atom is -0.385 e. The van der Waals surface area contributed by atoms with Gasteiger partial charge in [0, 0.05) is 17.8 Å². The highest BCUT2D eigenvalue weighted by Gasteiger charge is 2.05. The second kappa shape index (κ2) is 7.22. The zero-order chi connectivity index (χ0) is 16.9. The summed E-state index contributed by atoms with van der Waals surface area (Å²) in [5, 5.41) is 3.50. The number of anilines is 1. The molecule has 0 bridgehead atoms. The Kier molecular flexibility index (Phi) is 4.46. The molecule has 4 rings (SSSR count). The van der Waals surface area contributed by atoms with Crippen molar-refractivity contribution in [2.75, 3.05) is 11.9 Å². The van der Waals surface area contributed by atoms with Crippen LogP contribution in [0.3, 0.4) is 0 Å². The van der Waals surface area contributed by atoms with Crippen molar-refractivity contribution < 1.29 is 0 Å². The first-order chi connectivity index (χ1) is 12.4. The average Bonchev–Trinajstić information content (AvgIpc) is 3.10. The van der Waals surface area contributed by atoms with Crippen LogP contribution in [0.25, 0.3) is 22.4 Å². The second-order valence-electron chi connectivity index (χ2n) is 6.20. The molecule has 0 aliphatic carbocycles. The number of benzene rings is 3. The Balaban J connectivity index is 1.41. The first-order valence-corrected chi connectivity index (χ1v) is 8.71. The largest absolute Gasteiger partial charge is 0.385 e. The van der Waals surface area contributed by atoms with Crippen molar-refractivity contribution in [1.29, 1.82) is 0 Å². The van der Waals surface area contributed by atoms with E-state index in [2.05, 4.69) is 71.0 Å². The lowest BCUT2D eigenvalue weighted by Crippen LogP contribution is -2.02. The molecule has 0 saturated heterocycles. The van der Waals surface area contributed by atoms with Crippen LogP contribution in [0.5, 0.6) is 0 Å². The Morgan fingerprint density at radius 1 is 0.840 bits per heavy atom. The van der Waals surface area contributed by atoms with Crippen molar-refractivity contribution in [2.45, 2.75) is 12.8 Å². The smallest absolute Gasteiger partial charge is 0.138 e. The van der Waals surface area contributed by atoms with Crippen LogP contribution in [-0.2, 0) is 6.42 Å². The van der Waals surface area contributed by atoms with Gasteiger partial charge < -0.3 is 10.3 Å². The van der Waals surface area contributed by atoms with Crippen molar-refractivity contribution in [3.8, 4) is 11.4 Å². The molecule has 0 aliphatic rings. The van der Waals surface area contributed by atoms with Gasteiger partial charge in [-0.3, -0.25) is 0 Å². The number of imidazole rings is 1. The molecule has 3 nitrogen and oxygen atoms in total. The molecule has 4 aromatic rings. The summed E-state index contributed by atoms with van der Waals surface area (Å²) in [7, 11) is 0.